The highest BCUT2D eigenvalue weighted by Crippen LogP contribution is 2.28. The van der Waals surface area contributed by atoms with Crippen molar-refractivity contribution in [3.63, 3.8) is 0 Å². The standard InChI is InChI=1S/C17H15N5O2S2/c1-11-2-4-12(5-3-11)15-10-25-17-20-19-16(22(17)21-15)13-6-8-14(9-7-13)26(18,23)24/h2-9H,10H2,1H3,(H2,18,23,24). The highest BCUT2D eigenvalue weighted by molar-refractivity contribution is 7.99. The monoisotopic (exact) mass is 385 g/mol. The minimum atomic E-state index is -3.73. The van der Waals surface area contributed by atoms with Crippen LogP contribution in [0.5, 0.6) is 0 Å². The summed E-state index contributed by atoms with van der Waals surface area (Å²) < 4.78 is 24.5. The van der Waals surface area contributed by atoms with E-state index in [-0.39, 0.29) is 4.90 Å². The summed E-state index contributed by atoms with van der Waals surface area (Å²) in [5, 5.41) is 18.9. The Kier molecular flexibility index (Phi) is 4.14. The smallest absolute Gasteiger partial charge is 0.225 e. The van der Waals surface area contributed by atoms with Crippen molar-refractivity contribution in [3.8, 4) is 11.4 Å². The predicted octanol–water partition coefficient (Wildman–Crippen LogP) is 2.26. The predicted molar refractivity (Wildman–Crippen MR) is 101 cm³/mol. The number of hydrogen-bond acceptors (Lipinski definition) is 6. The molecular weight excluding hydrogens is 370 g/mol. The minimum absolute atomic E-state index is 0.0536. The topological polar surface area (TPSA) is 103 Å². The Bertz CT molecular complexity index is 1100. The molecule has 0 saturated heterocycles. The molecule has 132 valence electrons. The second kappa shape index (κ2) is 6.35. The molecule has 0 bridgehead atoms. The maximum absolute atomic E-state index is 11.4. The lowest BCUT2D eigenvalue weighted by Crippen LogP contribution is -2.14. The fourth-order valence-corrected chi connectivity index (χ4v) is 3.94. The molecule has 0 atom stereocenters. The third-order valence-corrected chi connectivity index (χ3v) is 5.86. The van der Waals surface area contributed by atoms with Crippen LogP contribution in [0.25, 0.3) is 11.4 Å². The molecule has 3 aromatic rings. The Morgan fingerprint density at radius 3 is 2.31 bits per heavy atom. The van der Waals surface area contributed by atoms with Crippen LogP contribution in [-0.4, -0.2) is 34.8 Å². The first kappa shape index (κ1) is 17.0. The first-order chi connectivity index (χ1) is 12.4. The van der Waals surface area contributed by atoms with Crippen molar-refractivity contribution in [1.82, 2.24) is 14.9 Å². The van der Waals surface area contributed by atoms with Gasteiger partial charge in [0.15, 0.2) is 5.82 Å². The van der Waals surface area contributed by atoms with Crippen LogP contribution in [0.15, 0.2) is 63.7 Å². The van der Waals surface area contributed by atoms with E-state index in [2.05, 4.69) is 22.3 Å². The second-order valence-electron chi connectivity index (χ2n) is 5.89. The average Bonchev–Trinajstić information content (AvgIpc) is 3.05. The van der Waals surface area contributed by atoms with Gasteiger partial charge in [-0.25, -0.2) is 13.6 Å². The van der Waals surface area contributed by atoms with E-state index in [0.29, 0.717) is 22.3 Å². The van der Waals surface area contributed by atoms with Crippen molar-refractivity contribution in [2.24, 2.45) is 10.2 Å². The third-order valence-electron chi connectivity index (χ3n) is 4.00. The summed E-state index contributed by atoms with van der Waals surface area (Å²) in [5.41, 5.74) is 3.90. The van der Waals surface area contributed by atoms with Crippen LogP contribution in [0.4, 0.5) is 0 Å². The molecule has 1 aromatic heterocycles. The number of nitrogens with two attached hydrogens (primary N) is 1. The van der Waals surface area contributed by atoms with Crippen LogP contribution < -0.4 is 5.14 Å². The maximum Gasteiger partial charge on any atom is 0.238 e. The van der Waals surface area contributed by atoms with Crippen LogP contribution in [-0.2, 0) is 10.0 Å². The van der Waals surface area contributed by atoms with Gasteiger partial charge in [0.1, 0.15) is 0 Å². The van der Waals surface area contributed by atoms with Gasteiger partial charge in [-0.15, -0.1) is 10.2 Å². The molecule has 0 unspecified atom stereocenters. The molecule has 26 heavy (non-hydrogen) atoms. The number of fused-ring (bicyclic) bond motifs is 1. The van der Waals surface area contributed by atoms with Crippen molar-refractivity contribution in [3.05, 3.63) is 59.7 Å². The lowest BCUT2D eigenvalue weighted by atomic mass is 10.1. The fraction of sp³-hybridized carbons (Fsp3) is 0.118. The molecule has 9 heteroatoms. The fourth-order valence-electron chi connectivity index (χ4n) is 2.59. The summed E-state index contributed by atoms with van der Waals surface area (Å²) in [6.45, 7) is 2.04. The Morgan fingerprint density at radius 2 is 1.65 bits per heavy atom. The molecule has 4 rings (SSSR count). The third kappa shape index (κ3) is 3.16. The summed E-state index contributed by atoms with van der Waals surface area (Å²) in [6, 6.07) is 14.4. The molecule has 0 aliphatic carbocycles. The number of sulfonamides is 1. The molecule has 2 heterocycles. The van der Waals surface area contributed by atoms with E-state index in [4.69, 9.17) is 10.2 Å². The van der Waals surface area contributed by atoms with Gasteiger partial charge >= 0.3 is 0 Å². The highest BCUT2D eigenvalue weighted by atomic mass is 32.2. The van der Waals surface area contributed by atoms with Gasteiger partial charge < -0.3 is 0 Å². The lowest BCUT2D eigenvalue weighted by Gasteiger charge is -2.14. The summed E-state index contributed by atoms with van der Waals surface area (Å²) in [7, 11) is -3.73. The molecule has 2 N–H and O–H groups in total. The van der Waals surface area contributed by atoms with E-state index in [9.17, 15) is 8.42 Å². The molecule has 2 aromatic carbocycles. The first-order valence-electron chi connectivity index (χ1n) is 7.78. The number of hydrogen-bond donors (Lipinski definition) is 1. The van der Waals surface area contributed by atoms with Gasteiger partial charge in [0, 0.05) is 11.3 Å². The number of rotatable bonds is 3. The Morgan fingerprint density at radius 1 is 1.00 bits per heavy atom. The zero-order chi connectivity index (χ0) is 18.3. The molecular formula is C17H15N5O2S2. The van der Waals surface area contributed by atoms with E-state index in [1.54, 1.807) is 28.6 Å². The van der Waals surface area contributed by atoms with E-state index in [1.165, 1.54) is 17.7 Å². The molecule has 0 amide bonds. The van der Waals surface area contributed by atoms with E-state index < -0.39 is 10.0 Å². The van der Waals surface area contributed by atoms with Crippen molar-refractivity contribution in [1.29, 1.82) is 0 Å². The molecule has 1 aliphatic heterocycles. The van der Waals surface area contributed by atoms with Gasteiger partial charge in [-0.2, -0.15) is 9.78 Å². The van der Waals surface area contributed by atoms with Gasteiger partial charge in [0.2, 0.25) is 15.2 Å². The van der Waals surface area contributed by atoms with Crippen LogP contribution in [0.2, 0.25) is 0 Å². The molecule has 0 spiro atoms. The molecule has 0 saturated carbocycles. The highest BCUT2D eigenvalue weighted by Gasteiger charge is 2.21. The number of benzene rings is 2. The number of thioether (sulfide) groups is 1. The summed E-state index contributed by atoms with van der Waals surface area (Å²) in [6.07, 6.45) is 0. The summed E-state index contributed by atoms with van der Waals surface area (Å²) >= 11 is 1.56. The summed E-state index contributed by atoms with van der Waals surface area (Å²) in [4.78, 5) is 0.0536. The number of aryl methyl sites for hydroxylation is 1. The zero-order valence-electron chi connectivity index (χ0n) is 13.8. The Balaban J connectivity index is 1.74. The Labute approximate surface area is 155 Å². The molecule has 0 radical (unpaired) electrons. The van der Waals surface area contributed by atoms with Crippen molar-refractivity contribution >= 4 is 27.5 Å². The van der Waals surface area contributed by atoms with Gasteiger partial charge in [0.25, 0.3) is 0 Å². The van der Waals surface area contributed by atoms with E-state index >= 15 is 0 Å². The van der Waals surface area contributed by atoms with Crippen LogP contribution in [0, 0.1) is 6.92 Å². The van der Waals surface area contributed by atoms with Crippen molar-refractivity contribution in [2.75, 3.05) is 5.75 Å². The van der Waals surface area contributed by atoms with Gasteiger partial charge in [-0.1, -0.05) is 41.6 Å². The van der Waals surface area contributed by atoms with Crippen LogP contribution in [0.1, 0.15) is 11.1 Å². The van der Waals surface area contributed by atoms with E-state index in [0.717, 1.165) is 11.3 Å². The normalized spacial score (nSPS) is 14.0. The van der Waals surface area contributed by atoms with Gasteiger partial charge in [-0.05, 0) is 36.8 Å². The largest absolute Gasteiger partial charge is 0.238 e. The molecule has 0 fully saturated rings. The van der Waals surface area contributed by atoms with Crippen LogP contribution in [0.3, 0.4) is 0 Å². The molecule has 7 nitrogen and oxygen atoms in total. The van der Waals surface area contributed by atoms with Crippen molar-refractivity contribution < 1.29 is 8.42 Å². The van der Waals surface area contributed by atoms with Crippen LogP contribution >= 0.6 is 11.8 Å². The van der Waals surface area contributed by atoms with Crippen molar-refractivity contribution in [2.45, 2.75) is 17.0 Å². The number of aromatic nitrogens is 3. The lowest BCUT2D eigenvalue weighted by molar-refractivity contribution is 0.598. The van der Waals surface area contributed by atoms with E-state index in [1.807, 2.05) is 19.1 Å². The first-order valence-corrected chi connectivity index (χ1v) is 10.3. The molecule has 1 aliphatic rings. The van der Waals surface area contributed by atoms with Gasteiger partial charge in [0.05, 0.1) is 10.6 Å². The number of nitrogens with zero attached hydrogens (tertiary/aromatic N) is 4. The zero-order valence-corrected chi connectivity index (χ0v) is 15.5. The van der Waals surface area contributed by atoms with Gasteiger partial charge in [-0.3, -0.25) is 0 Å². The average molecular weight is 385 g/mol. The number of primary sulfonamides is 1. The minimum Gasteiger partial charge on any atom is -0.225 e. The Hall–Kier alpha value is -2.49. The second-order valence-corrected chi connectivity index (χ2v) is 8.39. The quantitative estimate of drug-likeness (QED) is 0.745. The maximum atomic E-state index is 11.4. The summed E-state index contributed by atoms with van der Waals surface area (Å²) in [5.74, 6) is 1.27. The SMILES string of the molecule is Cc1ccc(C2=Nn3c(nnc3-c3ccc(S(N)(=O)=O)cc3)SC2)cc1.